The Balaban J connectivity index is 2.42. The van der Waals surface area contributed by atoms with E-state index in [4.69, 9.17) is 0 Å². The summed E-state index contributed by atoms with van der Waals surface area (Å²) in [5.41, 5.74) is 0.499. The van der Waals surface area contributed by atoms with Crippen molar-refractivity contribution >= 4 is 5.97 Å². The molecule has 3 atom stereocenters. The minimum absolute atomic E-state index is 0.0502. The van der Waals surface area contributed by atoms with Crippen molar-refractivity contribution in [3.63, 3.8) is 0 Å². The number of carbonyl (C=O) groups is 1. The minimum Gasteiger partial charge on any atom is -0.481 e. The summed E-state index contributed by atoms with van der Waals surface area (Å²) >= 11 is 0. The van der Waals surface area contributed by atoms with Crippen molar-refractivity contribution in [3.05, 3.63) is 35.4 Å². The Labute approximate surface area is 197 Å². The van der Waals surface area contributed by atoms with Gasteiger partial charge in [0.15, 0.2) is 0 Å². The molecule has 188 valence electrons. The van der Waals surface area contributed by atoms with Gasteiger partial charge in [-0.3, -0.25) is 9.69 Å². The summed E-state index contributed by atoms with van der Waals surface area (Å²) in [6.07, 6.45) is 0.372. The van der Waals surface area contributed by atoms with Gasteiger partial charge < -0.3 is 5.11 Å². The maximum absolute atomic E-state index is 13.2. The Morgan fingerprint density at radius 3 is 1.88 bits per heavy atom. The van der Waals surface area contributed by atoms with Crippen LogP contribution in [0.4, 0.5) is 13.2 Å². The molecule has 1 N–H and O–H groups in total. The number of benzene rings is 1. The molecule has 0 amide bonds. The normalized spacial score (nSPS) is 22.5. The van der Waals surface area contributed by atoms with E-state index in [1.165, 1.54) is 0 Å². The lowest BCUT2D eigenvalue weighted by Crippen LogP contribution is -2.47. The molecule has 2 rings (SSSR count). The summed E-state index contributed by atoms with van der Waals surface area (Å²) in [4.78, 5) is 14.2. The van der Waals surface area contributed by atoms with Crippen molar-refractivity contribution in [1.82, 2.24) is 4.90 Å². The predicted octanol–water partition coefficient (Wildman–Crippen LogP) is 7.61. The average molecular weight is 470 g/mol. The fourth-order valence-electron chi connectivity index (χ4n) is 4.92. The maximum Gasteiger partial charge on any atom is 0.416 e. The fourth-order valence-corrected chi connectivity index (χ4v) is 4.92. The predicted molar refractivity (Wildman–Crippen MR) is 127 cm³/mol. The third kappa shape index (κ3) is 8.95. The summed E-state index contributed by atoms with van der Waals surface area (Å²) in [5.74, 6) is -1.00. The van der Waals surface area contributed by atoms with Crippen LogP contribution in [0.5, 0.6) is 0 Å². The Kier molecular flexibility index (Phi) is 9.05. The topological polar surface area (TPSA) is 40.5 Å². The van der Waals surface area contributed by atoms with Gasteiger partial charge in [0.05, 0.1) is 5.56 Å². The summed E-state index contributed by atoms with van der Waals surface area (Å²) in [6.45, 7) is 15.1. The molecule has 0 radical (unpaired) electrons. The number of rotatable bonds is 8. The van der Waals surface area contributed by atoms with Gasteiger partial charge in [0.25, 0.3) is 0 Å². The quantitative estimate of drug-likeness (QED) is 0.426. The number of halogens is 3. The van der Waals surface area contributed by atoms with Crippen molar-refractivity contribution in [1.29, 1.82) is 0 Å². The number of alkyl halides is 3. The molecule has 0 spiro atoms. The molecule has 1 aromatic rings. The van der Waals surface area contributed by atoms with Crippen LogP contribution < -0.4 is 0 Å². The molecule has 0 heterocycles. The second kappa shape index (κ2) is 10.8. The molecular formula is C27H42F3NO2. The Bertz CT molecular complexity index is 742. The maximum atomic E-state index is 13.2. The number of carboxylic acids is 1. The molecule has 0 unspecified atom stereocenters. The van der Waals surface area contributed by atoms with E-state index < -0.39 is 17.7 Å². The number of aliphatic carboxylic acids is 1. The molecule has 1 aliphatic carbocycles. The fraction of sp³-hybridized carbons (Fsp3) is 0.741. The molecule has 0 bridgehead atoms. The van der Waals surface area contributed by atoms with Crippen molar-refractivity contribution in [2.45, 2.75) is 98.2 Å². The molecule has 1 fully saturated rings. The van der Waals surface area contributed by atoms with Crippen LogP contribution in [0.2, 0.25) is 0 Å². The smallest absolute Gasteiger partial charge is 0.416 e. The first-order valence-electron chi connectivity index (χ1n) is 12.2. The Hall–Kier alpha value is -1.56. The van der Waals surface area contributed by atoms with Gasteiger partial charge in [-0.2, -0.15) is 13.2 Å². The monoisotopic (exact) mass is 469 g/mol. The highest BCUT2D eigenvalue weighted by atomic mass is 19.4. The number of hydrogen-bond acceptors (Lipinski definition) is 2. The molecule has 1 saturated carbocycles. The van der Waals surface area contributed by atoms with Crippen LogP contribution in [-0.4, -0.2) is 35.1 Å². The van der Waals surface area contributed by atoms with E-state index in [1.807, 2.05) is 0 Å². The Morgan fingerprint density at radius 1 is 0.939 bits per heavy atom. The zero-order valence-electron chi connectivity index (χ0n) is 21.1. The largest absolute Gasteiger partial charge is 0.481 e. The van der Waals surface area contributed by atoms with Crippen LogP contribution in [-0.2, 0) is 11.0 Å². The molecule has 0 aromatic heterocycles. The first kappa shape index (κ1) is 27.7. The SMILES string of the molecule is CC(C)(C)CCN(CCC(C)(C)C)[C@@H]1CCC[C@H](CC(=O)O)[C@H]1c1ccc(C(F)(F)F)cc1. The minimum atomic E-state index is -4.38. The van der Waals surface area contributed by atoms with Gasteiger partial charge >= 0.3 is 12.1 Å². The first-order chi connectivity index (χ1) is 15.1. The zero-order valence-corrected chi connectivity index (χ0v) is 21.1. The zero-order chi connectivity index (χ0) is 25.0. The van der Waals surface area contributed by atoms with Gasteiger partial charge in [-0.1, -0.05) is 60.1 Å². The molecule has 3 nitrogen and oxygen atoms in total. The van der Waals surface area contributed by atoms with Crippen LogP contribution >= 0.6 is 0 Å². The van der Waals surface area contributed by atoms with Crippen molar-refractivity contribution < 1.29 is 23.1 Å². The van der Waals surface area contributed by atoms with E-state index in [-0.39, 0.29) is 35.1 Å². The lowest BCUT2D eigenvalue weighted by Gasteiger charge is -2.45. The summed E-state index contributed by atoms with van der Waals surface area (Å²) in [6, 6.07) is 5.57. The molecule has 1 aliphatic rings. The number of nitrogens with zero attached hydrogens (tertiary/aromatic N) is 1. The van der Waals surface area contributed by atoms with Gasteiger partial charge in [0.1, 0.15) is 0 Å². The standard InChI is InChI=1S/C27H42F3NO2/c1-25(2,3)14-16-31(17-15-26(4,5)6)22-9-7-8-20(18-23(32)33)24(22)19-10-12-21(13-11-19)27(28,29)30/h10-13,20,22,24H,7-9,14-18H2,1-6H3,(H,32,33)/t20-,22-,24-/m1/s1. The van der Waals surface area contributed by atoms with E-state index in [9.17, 15) is 23.1 Å². The van der Waals surface area contributed by atoms with Crippen LogP contribution in [0, 0.1) is 16.7 Å². The lowest BCUT2D eigenvalue weighted by molar-refractivity contribution is -0.139. The van der Waals surface area contributed by atoms with Crippen molar-refractivity contribution in [3.8, 4) is 0 Å². The van der Waals surface area contributed by atoms with E-state index in [0.717, 1.165) is 62.9 Å². The van der Waals surface area contributed by atoms with Crippen LogP contribution in [0.1, 0.15) is 97.1 Å². The summed E-state index contributed by atoms with van der Waals surface area (Å²) in [7, 11) is 0. The molecular weight excluding hydrogens is 427 g/mol. The van der Waals surface area contributed by atoms with Gasteiger partial charge in [-0.05, 0) is 73.2 Å². The lowest BCUT2D eigenvalue weighted by atomic mass is 9.70. The van der Waals surface area contributed by atoms with Gasteiger partial charge in [-0.15, -0.1) is 0 Å². The third-order valence-corrected chi connectivity index (χ3v) is 6.82. The molecule has 6 heteroatoms. The summed E-state index contributed by atoms with van der Waals surface area (Å²) in [5, 5.41) is 9.56. The third-order valence-electron chi connectivity index (χ3n) is 6.82. The van der Waals surface area contributed by atoms with Crippen LogP contribution in [0.25, 0.3) is 0 Å². The van der Waals surface area contributed by atoms with E-state index in [0.29, 0.717) is 0 Å². The molecule has 1 aromatic carbocycles. The second-order valence-corrected chi connectivity index (χ2v) is 12.2. The molecule has 33 heavy (non-hydrogen) atoms. The number of hydrogen-bond donors (Lipinski definition) is 1. The van der Waals surface area contributed by atoms with Crippen molar-refractivity contribution in [2.75, 3.05) is 13.1 Å². The highest BCUT2D eigenvalue weighted by molar-refractivity contribution is 5.67. The van der Waals surface area contributed by atoms with Crippen LogP contribution in [0.3, 0.4) is 0 Å². The summed E-state index contributed by atoms with van der Waals surface area (Å²) < 4.78 is 39.5. The second-order valence-electron chi connectivity index (χ2n) is 12.2. The highest BCUT2D eigenvalue weighted by Crippen LogP contribution is 2.43. The highest BCUT2D eigenvalue weighted by Gasteiger charge is 2.39. The van der Waals surface area contributed by atoms with Gasteiger partial charge in [-0.25, -0.2) is 0 Å². The van der Waals surface area contributed by atoms with E-state index in [1.54, 1.807) is 12.1 Å². The van der Waals surface area contributed by atoms with E-state index in [2.05, 4.69) is 46.4 Å². The van der Waals surface area contributed by atoms with Crippen molar-refractivity contribution in [2.24, 2.45) is 16.7 Å². The first-order valence-corrected chi connectivity index (χ1v) is 12.2. The number of carboxylic acid groups (broad SMARTS) is 1. The van der Waals surface area contributed by atoms with Gasteiger partial charge in [0, 0.05) is 18.4 Å². The molecule has 0 saturated heterocycles. The van der Waals surface area contributed by atoms with E-state index >= 15 is 0 Å². The average Bonchev–Trinajstić information content (AvgIpc) is 2.65. The molecule has 0 aliphatic heterocycles. The van der Waals surface area contributed by atoms with Crippen LogP contribution in [0.15, 0.2) is 24.3 Å². The Morgan fingerprint density at radius 2 is 1.45 bits per heavy atom. The van der Waals surface area contributed by atoms with Gasteiger partial charge in [0.2, 0.25) is 0 Å².